The van der Waals surface area contributed by atoms with E-state index in [9.17, 15) is 9.59 Å². The van der Waals surface area contributed by atoms with Crippen LogP contribution in [0, 0.1) is 5.92 Å². The highest BCUT2D eigenvalue weighted by molar-refractivity contribution is 5.81. The van der Waals surface area contributed by atoms with E-state index < -0.39 is 5.97 Å². The van der Waals surface area contributed by atoms with Gasteiger partial charge in [0.25, 0.3) is 0 Å². The van der Waals surface area contributed by atoms with Gasteiger partial charge in [0.05, 0.1) is 6.04 Å². The molecular formula is C15H28N2O3. The van der Waals surface area contributed by atoms with Gasteiger partial charge in [-0.2, -0.15) is 0 Å². The lowest BCUT2D eigenvalue weighted by Gasteiger charge is -2.35. The molecule has 20 heavy (non-hydrogen) atoms. The summed E-state index contributed by atoms with van der Waals surface area (Å²) in [5.41, 5.74) is 0. The molecule has 1 saturated heterocycles. The Kier molecular flexibility index (Phi) is 6.99. The number of carbonyl (C=O) groups is 2. The molecule has 1 rings (SSSR count). The Hall–Kier alpha value is -1.10. The molecule has 1 amide bonds. The highest BCUT2D eigenvalue weighted by atomic mass is 16.4. The first-order valence-electron chi connectivity index (χ1n) is 7.74. The fourth-order valence-corrected chi connectivity index (χ4v) is 2.77. The van der Waals surface area contributed by atoms with Crippen LogP contribution in [0.3, 0.4) is 0 Å². The molecule has 5 heteroatoms. The van der Waals surface area contributed by atoms with Gasteiger partial charge in [0.15, 0.2) is 0 Å². The maximum absolute atomic E-state index is 12.2. The van der Waals surface area contributed by atoms with Crippen LogP contribution in [0.15, 0.2) is 0 Å². The van der Waals surface area contributed by atoms with Crippen LogP contribution in [-0.2, 0) is 9.59 Å². The van der Waals surface area contributed by atoms with E-state index in [4.69, 9.17) is 5.11 Å². The van der Waals surface area contributed by atoms with Crippen LogP contribution >= 0.6 is 0 Å². The van der Waals surface area contributed by atoms with Crippen molar-refractivity contribution in [3.05, 3.63) is 0 Å². The largest absolute Gasteiger partial charge is 0.481 e. The van der Waals surface area contributed by atoms with Gasteiger partial charge < -0.3 is 10.4 Å². The summed E-state index contributed by atoms with van der Waals surface area (Å²) >= 11 is 0. The molecule has 0 bridgehead atoms. The second kappa shape index (κ2) is 8.25. The summed E-state index contributed by atoms with van der Waals surface area (Å²) in [7, 11) is 0. The highest BCUT2D eigenvalue weighted by Gasteiger charge is 2.28. The number of hydrogen-bond acceptors (Lipinski definition) is 3. The van der Waals surface area contributed by atoms with E-state index in [2.05, 4.69) is 24.1 Å². The Bertz CT molecular complexity index is 321. The lowest BCUT2D eigenvalue weighted by Crippen LogP contribution is -2.50. The zero-order chi connectivity index (χ0) is 15.1. The molecule has 0 aromatic carbocycles. The zero-order valence-corrected chi connectivity index (χ0v) is 12.9. The van der Waals surface area contributed by atoms with Crippen LogP contribution in [0.5, 0.6) is 0 Å². The van der Waals surface area contributed by atoms with Crippen molar-refractivity contribution in [3.63, 3.8) is 0 Å². The van der Waals surface area contributed by atoms with Gasteiger partial charge in [0.2, 0.25) is 5.91 Å². The van der Waals surface area contributed by atoms with Gasteiger partial charge in [-0.25, -0.2) is 0 Å². The van der Waals surface area contributed by atoms with Crippen LogP contribution in [-0.4, -0.2) is 47.1 Å². The summed E-state index contributed by atoms with van der Waals surface area (Å²) in [4.78, 5) is 25.0. The molecule has 2 N–H and O–H groups in total. The van der Waals surface area contributed by atoms with Crippen LogP contribution < -0.4 is 5.32 Å². The van der Waals surface area contributed by atoms with Crippen LogP contribution in [0.25, 0.3) is 0 Å². The third kappa shape index (κ3) is 5.12. The number of aliphatic carboxylic acids is 1. The van der Waals surface area contributed by atoms with Gasteiger partial charge in [-0.15, -0.1) is 0 Å². The third-order valence-electron chi connectivity index (χ3n) is 4.37. The van der Waals surface area contributed by atoms with Crippen LogP contribution in [0.2, 0.25) is 0 Å². The molecule has 1 aliphatic rings. The van der Waals surface area contributed by atoms with Crippen molar-refractivity contribution in [2.24, 2.45) is 5.92 Å². The maximum Gasteiger partial charge on any atom is 0.303 e. The molecule has 0 aliphatic carbocycles. The summed E-state index contributed by atoms with van der Waals surface area (Å²) in [6.45, 7) is 7.73. The molecular weight excluding hydrogens is 256 g/mol. The standard InChI is InChI=1S/C15H28N2O3/c1-4-13(5-2)16-15(20)11(3)17-8-6-12(7-9-17)10-14(18)19/h11-13H,4-10H2,1-3H3,(H,16,20)(H,18,19). The molecule has 1 atom stereocenters. The number of carbonyl (C=O) groups excluding carboxylic acids is 1. The number of piperidine rings is 1. The maximum atomic E-state index is 12.2. The molecule has 0 spiro atoms. The van der Waals surface area contributed by atoms with E-state index in [1.165, 1.54) is 0 Å². The summed E-state index contributed by atoms with van der Waals surface area (Å²) in [6, 6.07) is 0.135. The monoisotopic (exact) mass is 284 g/mol. The highest BCUT2D eigenvalue weighted by Crippen LogP contribution is 2.22. The fraction of sp³-hybridized carbons (Fsp3) is 0.867. The molecule has 1 heterocycles. The topological polar surface area (TPSA) is 69.6 Å². The lowest BCUT2D eigenvalue weighted by molar-refractivity contribution is -0.139. The quantitative estimate of drug-likeness (QED) is 0.749. The minimum absolute atomic E-state index is 0.0929. The van der Waals surface area contributed by atoms with Crippen molar-refractivity contribution >= 4 is 11.9 Å². The van der Waals surface area contributed by atoms with Gasteiger partial charge >= 0.3 is 5.97 Å². The van der Waals surface area contributed by atoms with E-state index in [1.54, 1.807) is 0 Å². The van der Waals surface area contributed by atoms with Gasteiger partial charge in [-0.1, -0.05) is 13.8 Å². The molecule has 5 nitrogen and oxygen atoms in total. The van der Waals surface area contributed by atoms with E-state index in [0.29, 0.717) is 0 Å². The number of nitrogens with zero attached hydrogens (tertiary/aromatic N) is 1. The number of amides is 1. The fourth-order valence-electron chi connectivity index (χ4n) is 2.77. The smallest absolute Gasteiger partial charge is 0.303 e. The number of likely N-dealkylation sites (tertiary alicyclic amines) is 1. The Balaban J connectivity index is 2.39. The van der Waals surface area contributed by atoms with E-state index in [1.807, 2.05) is 6.92 Å². The SMILES string of the molecule is CCC(CC)NC(=O)C(C)N1CCC(CC(=O)O)CC1. The van der Waals surface area contributed by atoms with Crippen molar-refractivity contribution in [2.45, 2.75) is 65.0 Å². The summed E-state index contributed by atoms with van der Waals surface area (Å²) in [6.07, 6.45) is 3.90. The Labute approximate surface area is 121 Å². The van der Waals surface area contributed by atoms with E-state index in [0.717, 1.165) is 38.8 Å². The molecule has 0 saturated carbocycles. The van der Waals surface area contributed by atoms with Crippen LogP contribution in [0.1, 0.15) is 52.9 Å². The Morgan fingerprint density at radius 2 is 1.80 bits per heavy atom. The minimum atomic E-state index is -0.719. The predicted molar refractivity (Wildman–Crippen MR) is 78.5 cm³/mol. The number of carboxylic acid groups (broad SMARTS) is 1. The number of nitrogens with one attached hydrogen (secondary N) is 1. The molecule has 1 fully saturated rings. The third-order valence-corrected chi connectivity index (χ3v) is 4.37. The summed E-state index contributed by atoms with van der Waals surface area (Å²) in [5.74, 6) is -0.364. The second-order valence-corrected chi connectivity index (χ2v) is 5.78. The lowest BCUT2D eigenvalue weighted by atomic mass is 9.93. The Morgan fingerprint density at radius 1 is 1.25 bits per heavy atom. The van der Waals surface area contributed by atoms with Gasteiger partial charge in [-0.05, 0) is 51.6 Å². The zero-order valence-electron chi connectivity index (χ0n) is 12.9. The first-order chi connectivity index (χ1) is 9.47. The van der Waals surface area contributed by atoms with E-state index in [-0.39, 0.29) is 30.3 Å². The molecule has 116 valence electrons. The van der Waals surface area contributed by atoms with Gasteiger partial charge in [0, 0.05) is 12.5 Å². The van der Waals surface area contributed by atoms with Crippen molar-refractivity contribution in [2.75, 3.05) is 13.1 Å². The van der Waals surface area contributed by atoms with Crippen molar-refractivity contribution in [1.82, 2.24) is 10.2 Å². The van der Waals surface area contributed by atoms with Crippen molar-refractivity contribution in [3.8, 4) is 0 Å². The Morgan fingerprint density at radius 3 is 2.25 bits per heavy atom. The first kappa shape index (κ1) is 17.0. The number of carboxylic acids is 1. The molecule has 1 unspecified atom stereocenters. The van der Waals surface area contributed by atoms with E-state index >= 15 is 0 Å². The van der Waals surface area contributed by atoms with Crippen molar-refractivity contribution in [1.29, 1.82) is 0 Å². The first-order valence-corrected chi connectivity index (χ1v) is 7.74. The molecule has 0 aromatic rings. The summed E-state index contributed by atoms with van der Waals surface area (Å²) < 4.78 is 0. The minimum Gasteiger partial charge on any atom is -0.481 e. The number of rotatable bonds is 7. The van der Waals surface area contributed by atoms with Crippen LogP contribution in [0.4, 0.5) is 0 Å². The van der Waals surface area contributed by atoms with Crippen molar-refractivity contribution < 1.29 is 14.7 Å². The predicted octanol–water partition coefficient (Wildman–Crippen LogP) is 1.87. The summed E-state index contributed by atoms with van der Waals surface area (Å²) in [5, 5.41) is 11.9. The van der Waals surface area contributed by atoms with Gasteiger partial charge in [0.1, 0.15) is 0 Å². The second-order valence-electron chi connectivity index (χ2n) is 5.78. The normalized spacial score (nSPS) is 19.0. The van der Waals surface area contributed by atoms with Gasteiger partial charge in [-0.3, -0.25) is 14.5 Å². The molecule has 0 aromatic heterocycles. The molecule has 1 aliphatic heterocycles. The molecule has 0 radical (unpaired) electrons. The number of hydrogen-bond donors (Lipinski definition) is 2. The average Bonchev–Trinajstić information content (AvgIpc) is 2.43. The average molecular weight is 284 g/mol.